The van der Waals surface area contributed by atoms with E-state index in [0.717, 1.165) is 31.3 Å². The lowest BCUT2D eigenvalue weighted by Crippen LogP contribution is -2.46. The van der Waals surface area contributed by atoms with E-state index in [1.165, 1.54) is 5.56 Å². The topological polar surface area (TPSA) is 9.23 Å². The average Bonchev–Trinajstić information content (AvgIpc) is 2.44. The lowest BCUT2D eigenvalue weighted by atomic mass is 9.65. The SMILES string of the molecule is CC1=C[C@@H](C)[C@H]2CO[C@H](CCc3ccccc3)[C@@H]1[C@H]2C. The van der Waals surface area contributed by atoms with Crippen LogP contribution in [-0.2, 0) is 11.2 Å². The molecule has 0 N–H and O–H groups in total. The Kier molecular flexibility index (Phi) is 3.98. The van der Waals surface area contributed by atoms with Gasteiger partial charge >= 0.3 is 0 Å². The quantitative estimate of drug-likeness (QED) is 0.736. The van der Waals surface area contributed by atoms with E-state index in [9.17, 15) is 0 Å². The van der Waals surface area contributed by atoms with E-state index in [0.29, 0.717) is 17.9 Å². The van der Waals surface area contributed by atoms with Gasteiger partial charge in [0.2, 0.25) is 0 Å². The Morgan fingerprint density at radius 3 is 2.65 bits per heavy atom. The van der Waals surface area contributed by atoms with E-state index in [-0.39, 0.29) is 0 Å². The first-order valence-electron chi connectivity index (χ1n) is 8.00. The standard InChI is InChI=1S/C19H26O/c1-13-11-14(2)19-15(3)17(13)12-20-18(19)10-9-16-7-5-4-6-8-16/h4-8,11,13,15,17-19H,9-10,12H2,1-3H3/t13-,15+,17-,18-,19+/m1/s1. The van der Waals surface area contributed by atoms with Crippen LogP contribution in [0.5, 0.6) is 0 Å². The van der Waals surface area contributed by atoms with Gasteiger partial charge in [0.15, 0.2) is 0 Å². The molecule has 0 radical (unpaired) electrons. The monoisotopic (exact) mass is 270 g/mol. The lowest BCUT2D eigenvalue weighted by molar-refractivity contribution is -0.0935. The second kappa shape index (κ2) is 5.73. The van der Waals surface area contributed by atoms with Crippen LogP contribution in [0.25, 0.3) is 0 Å². The summed E-state index contributed by atoms with van der Waals surface area (Å²) in [5.41, 5.74) is 2.98. The summed E-state index contributed by atoms with van der Waals surface area (Å²) in [6.07, 6.45) is 5.17. The summed E-state index contributed by atoms with van der Waals surface area (Å²) < 4.78 is 6.24. The maximum Gasteiger partial charge on any atom is 0.0646 e. The van der Waals surface area contributed by atoms with Gasteiger partial charge in [0, 0.05) is 5.92 Å². The van der Waals surface area contributed by atoms with Gasteiger partial charge < -0.3 is 4.74 Å². The molecule has 1 aliphatic carbocycles. The maximum atomic E-state index is 6.24. The minimum Gasteiger partial charge on any atom is -0.377 e. The highest BCUT2D eigenvalue weighted by atomic mass is 16.5. The molecule has 0 unspecified atom stereocenters. The predicted octanol–water partition coefficient (Wildman–Crippen LogP) is 4.48. The molecule has 1 aromatic carbocycles. The molecular weight excluding hydrogens is 244 g/mol. The highest BCUT2D eigenvalue weighted by molar-refractivity contribution is 5.18. The first-order chi connectivity index (χ1) is 9.66. The minimum absolute atomic E-state index is 0.408. The van der Waals surface area contributed by atoms with Crippen LogP contribution >= 0.6 is 0 Å². The molecule has 108 valence electrons. The van der Waals surface area contributed by atoms with Crippen LogP contribution < -0.4 is 0 Å². The Bertz CT molecular complexity index is 476. The van der Waals surface area contributed by atoms with Gasteiger partial charge in [-0.3, -0.25) is 0 Å². The summed E-state index contributed by atoms with van der Waals surface area (Å²) in [6.45, 7) is 8.02. The van der Waals surface area contributed by atoms with E-state index >= 15 is 0 Å². The minimum atomic E-state index is 0.408. The van der Waals surface area contributed by atoms with Crippen molar-refractivity contribution < 1.29 is 4.74 Å². The van der Waals surface area contributed by atoms with Crippen molar-refractivity contribution in [3.63, 3.8) is 0 Å². The van der Waals surface area contributed by atoms with Crippen molar-refractivity contribution in [1.29, 1.82) is 0 Å². The molecule has 2 bridgehead atoms. The number of benzene rings is 1. The van der Waals surface area contributed by atoms with Crippen molar-refractivity contribution in [3.05, 3.63) is 47.5 Å². The van der Waals surface area contributed by atoms with Crippen LogP contribution in [-0.4, -0.2) is 12.7 Å². The number of hydrogen-bond donors (Lipinski definition) is 0. The van der Waals surface area contributed by atoms with Crippen LogP contribution in [0, 0.1) is 23.7 Å². The third-order valence-electron chi connectivity index (χ3n) is 5.43. The molecule has 0 amide bonds. The van der Waals surface area contributed by atoms with Crippen molar-refractivity contribution in [2.24, 2.45) is 23.7 Å². The van der Waals surface area contributed by atoms with Crippen LogP contribution in [0.4, 0.5) is 0 Å². The van der Waals surface area contributed by atoms with E-state index in [1.54, 1.807) is 5.57 Å². The summed E-state index contributed by atoms with van der Waals surface area (Å²) in [5.74, 6) is 2.80. The van der Waals surface area contributed by atoms with Crippen molar-refractivity contribution >= 4 is 0 Å². The van der Waals surface area contributed by atoms with Crippen molar-refractivity contribution in [2.45, 2.75) is 39.7 Å². The molecule has 2 aliphatic rings. The van der Waals surface area contributed by atoms with Crippen molar-refractivity contribution in [1.82, 2.24) is 0 Å². The molecule has 1 heterocycles. The number of rotatable bonds is 3. The zero-order valence-corrected chi connectivity index (χ0v) is 12.9. The fourth-order valence-corrected chi connectivity index (χ4v) is 4.30. The van der Waals surface area contributed by atoms with Gasteiger partial charge in [-0.05, 0) is 43.1 Å². The fourth-order valence-electron chi connectivity index (χ4n) is 4.30. The van der Waals surface area contributed by atoms with E-state index < -0.39 is 0 Å². The molecule has 0 saturated carbocycles. The molecule has 5 atom stereocenters. The molecule has 1 fully saturated rings. The molecular formula is C19H26O. The molecule has 3 rings (SSSR count). The second-order valence-corrected chi connectivity index (χ2v) is 6.71. The zero-order chi connectivity index (χ0) is 14.1. The van der Waals surface area contributed by atoms with Crippen LogP contribution in [0.15, 0.2) is 42.0 Å². The zero-order valence-electron chi connectivity index (χ0n) is 12.9. The van der Waals surface area contributed by atoms with E-state index in [4.69, 9.17) is 4.74 Å². The first kappa shape index (κ1) is 13.9. The van der Waals surface area contributed by atoms with Gasteiger partial charge in [-0.15, -0.1) is 0 Å². The van der Waals surface area contributed by atoms with Crippen LogP contribution in [0.1, 0.15) is 32.8 Å². The fraction of sp³-hybridized carbons (Fsp3) is 0.579. The highest BCUT2D eigenvalue weighted by Gasteiger charge is 2.42. The summed E-state index contributed by atoms with van der Waals surface area (Å²) in [5, 5.41) is 0. The summed E-state index contributed by atoms with van der Waals surface area (Å²) >= 11 is 0. The van der Waals surface area contributed by atoms with Crippen LogP contribution in [0.3, 0.4) is 0 Å². The summed E-state index contributed by atoms with van der Waals surface area (Å²) in [7, 11) is 0. The Hall–Kier alpha value is -1.08. The molecule has 1 aliphatic heterocycles. The third kappa shape index (κ3) is 2.56. The second-order valence-electron chi connectivity index (χ2n) is 6.71. The Labute approximate surface area is 123 Å². The number of fused-ring (bicyclic) bond motifs is 2. The molecule has 1 nitrogen and oxygen atoms in total. The van der Waals surface area contributed by atoms with Crippen LogP contribution in [0.2, 0.25) is 0 Å². The molecule has 20 heavy (non-hydrogen) atoms. The van der Waals surface area contributed by atoms with Gasteiger partial charge in [0.25, 0.3) is 0 Å². The largest absolute Gasteiger partial charge is 0.377 e. The van der Waals surface area contributed by atoms with Gasteiger partial charge in [0.1, 0.15) is 0 Å². The normalized spacial score (nSPS) is 36.5. The van der Waals surface area contributed by atoms with Crippen molar-refractivity contribution in [3.8, 4) is 0 Å². The van der Waals surface area contributed by atoms with Gasteiger partial charge in [-0.1, -0.05) is 55.8 Å². The lowest BCUT2D eigenvalue weighted by Gasteiger charge is -2.47. The Morgan fingerprint density at radius 2 is 1.90 bits per heavy atom. The smallest absolute Gasteiger partial charge is 0.0646 e. The molecule has 1 heteroatoms. The summed E-state index contributed by atoms with van der Waals surface area (Å²) in [4.78, 5) is 0. The average molecular weight is 270 g/mol. The number of aryl methyl sites for hydroxylation is 1. The Morgan fingerprint density at radius 1 is 1.15 bits per heavy atom. The predicted molar refractivity (Wildman–Crippen MR) is 83.6 cm³/mol. The van der Waals surface area contributed by atoms with Gasteiger partial charge in [-0.25, -0.2) is 0 Å². The van der Waals surface area contributed by atoms with E-state index in [2.05, 4.69) is 57.2 Å². The van der Waals surface area contributed by atoms with Crippen molar-refractivity contribution in [2.75, 3.05) is 6.61 Å². The molecule has 0 spiro atoms. The molecule has 1 saturated heterocycles. The molecule has 0 aromatic heterocycles. The number of hydrogen-bond acceptors (Lipinski definition) is 1. The molecule has 1 aromatic rings. The number of ether oxygens (including phenoxy) is 1. The van der Waals surface area contributed by atoms with E-state index in [1.807, 2.05) is 0 Å². The summed E-state index contributed by atoms with van der Waals surface area (Å²) in [6, 6.07) is 10.8. The highest BCUT2D eigenvalue weighted by Crippen LogP contribution is 2.45. The first-order valence-corrected chi connectivity index (χ1v) is 8.00. The van der Waals surface area contributed by atoms with Gasteiger partial charge in [-0.2, -0.15) is 0 Å². The Balaban J connectivity index is 1.70. The third-order valence-corrected chi connectivity index (χ3v) is 5.43. The number of allylic oxidation sites excluding steroid dienone is 1. The maximum absolute atomic E-state index is 6.24. The van der Waals surface area contributed by atoms with Gasteiger partial charge in [0.05, 0.1) is 12.7 Å².